The molecule has 0 aliphatic heterocycles. The molecule has 3 nitrogen and oxygen atoms in total. The van der Waals surface area contributed by atoms with E-state index in [9.17, 15) is 4.79 Å². The standard InChI is InChI=1S/C6H13NO2S/c1-7(3-4-10-2)5-6(8)9/h3-5H2,1-2H3,(H,8,9). The van der Waals surface area contributed by atoms with E-state index in [2.05, 4.69) is 0 Å². The van der Waals surface area contributed by atoms with Crippen LogP contribution < -0.4 is 0 Å². The number of aliphatic carboxylic acids is 1. The van der Waals surface area contributed by atoms with Gasteiger partial charge >= 0.3 is 5.97 Å². The zero-order valence-corrected chi connectivity index (χ0v) is 7.15. The monoisotopic (exact) mass is 163 g/mol. The van der Waals surface area contributed by atoms with Gasteiger partial charge in [0.1, 0.15) is 0 Å². The Hall–Kier alpha value is -0.220. The van der Waals surface area contributed by atoms with Gasteiger partial charge in [-0.05, 0) is 13.3 Å². The van der Waals surface area contributed by atoms with Gasteiger partial charge in [0.05, 0.1) is 6.54 Å². The third-order valence-electron chi connectivity index (χ3n) is 1.08. The fourth-order valence-corrected chi connectivity index (χ4v) is 1.05. The number of likely N-dealkylation sites (N-methyl/N-ethyl adjacent to an activating group) is 1. The van der Waals surface area contributed by atoms with E-state index in [0.29, 0.717) is 0 Å². The lowest BCUT2D eigenvalue weighted by Crippen LogP contribution is -2.27. The Kier molecular flexibility index (Phi) is 5.43. The first kappa shape index (κ1) is 9.78. The molecule has 0 unspecified atom stereocenters. The molecule has 0 saturated carbocycles. The maximum absolute atomic E-state index is 10.1. The molecule has 0 aliphatic rings. The van der Waals surface area contributed by atoms with Crippen LogP contribution in [0.1, 0.15) is 0 Å². The van der Waals surface area contributed by atoms with Crippen molar-refractivity contribution in [2.75, 3.05) is 32.1 Å². The molecule has 0 heterocycles. The summed E-state index contributed by atoms with van der Waals surface area (Å²) < 4.78 is 0. The fraction of sp³-hybridized carbons (Fsp3) is 0.833. The molecule has 0 aromatic rings. The van der Waals surface area contributed by atoms with Crippen LogP contribution in [-0.2, 0) is 4.79 Å². The second kappa shape index (κ2) is 5.56. The van der Waals surface area contributed by atoms with Crippen molar-refractivity contribution in [2.24, 2.45) is 0 Å². The van der Waals surface area contributed by atoms with Gasteiger partial charge in [-0.1, -0.05) is 0 Å². The van der Waals surface area contributed by atoms with Crippen LogP contribution >= 0.6 is 11.8 Å². The van der Waals surface area contributed by atoms with Crippen LogP contribution in [0.2, 0.25) is 0 Å². The molecule has 4 heteroatoms. The lowest BCUT2D eigenvalue weighted by molar-refractivity contribution is -0.137. The Morgan fingerprint density at radius 1 is 1.70 bits per heavy atom. The summed E-state index contributed by atoms with van der Waals surface area (Å²) >= 11 is 1.72. The van der Waals surface area contributed by atoms with E-state index in [1.54, 1.807) is 16.7 Å². The summed E-state index contributed by atoms with van der Waals surface area (Å²) in [7, 11) is 1.81. The highest BCUT2D eigenvalue weighted by molar-refractivity contribution is 7.98. The lowest BCUT2D eigenvalue weighted by atomic mass is 10.5. The van der Waals surface area contributed by atoms with Crippen molar-refractivity contribution in [1.29, 1.82) is 0 Å². The zero-order chi connectivity index (χ0) is 7.98. The van der Waals surface area contributed by atoms with E-state index in [-0.39, 0.29) is 6.54 Å². The van der Waals surface area contributed by atoms with E-state index in [1.165, 1.54) is 0 Å². The molecule has 0 radical (unpaired) electrons. The van der Waals surface area contributed by atoms with E-state index in [1.807, 2.05) is 13.3 Å². The molecule has 0 fully saturated rings. The summed E-state index contributed by atoms with van der Waals surface area (Å²) in [4.78, 5) is 11.9. The van der Waals surface area contributed by atoms with Crippen LogP contribution in [0, 0.1) is 0 Å². The van der Waals surface area contributed by atoms with E-state index in [0.717, 1.165) is 12.3 Å². The van der Waals surface area contributed by atoms with Crippen molar-refractivity contribution in [2.45, 2.75) is 0 Å². The Balaban J connectivity index is 3.25. The summed E-state index contributed by atoms with van der Waals surface area (Å²) in [6.07, 6.45) is 2.01. The van der Waals surface area contributed by atoms with E-state index in [4.69, 9.17) is 5.11 Å². The average molecular weight is 163 g/mol. The molecule has 10 heavy (non-hydrogen) atoms. The average Bonchev–Trinajstić information content (AvgIpc) is 1.82. The molecule has 0 spiro atoms. The topological polar surface area (TPSA) is 40.5 Å². The third kappa shape index (κ3) is 5.91. The minimum absolute atomic E-state index is 0.139. The maximum Gasteiger partial charge on any atom is 0.317 e. The number of nitrogens with zero attached hydrogens (tertiary/aromatic N) is 1. The molecule has 0 aliphatic carbocycles. The summed E-state index contributed by atoms with van der Waals surface area (Å²) in [5.41, 5.74) is 0. The van der Waals surface area contributed by atoms with Crippen LogP contribution in [0.3, 0.4) is 0 Å². The van der Waals surface area contributed by atoms with Gasteiger partial charge < -0.3 is 5.11 Å². The first-order chi connectivity index (χ1) is 4.66. The second-order valence-corrected chi connectivity index (χ2v) is 3.11. The van der Waals surface area contributed by atoms with Gasteiger partial charge in [0, 0.05) is 12.3 Å². The highest BCUT2D eigenvalue weighted by Gasteiger charge is 2.01. The predicted octanol–water partition coefficient (Wildman–Crippen LogP) is 0.366. The smallest absolute Gasteiger partial charge is 0.317 e. The number of rotatable bonds is 5. The fourth-order valence-electron chi connectivity index (χ4n) is 0.557. The number of carboxylic acids is 1. The second-order valence-electron chi connectivity index (χ2n) is 2.12. The number of carboxylic acid groups (broad SMARTS) is 1. The quantitative estimate of drug-likeness (QED) is 0.635. The Labute approximate surface area is 65.4 Å². The van der Waals surface area contributed by atoms with Crippen LogP contribution in [0.5, 0.6) is 0 Å². The molecule has 0 bridgehead atoms. The molecule has 0 aromatic carbocycles. The maximum atomic E-state index is 10.1. The molecule has 0 saturated heterocycles. The molecule has 0 rings (SSSR count). The normalized spacial score (nSPS) is 10.3. The number of carbonyl (C=O) groups is 1. The minimum atomic E-state index is -0.761. The van der Waals surface area contributed by atoms with Crippen LogP contribution in [-0.4, -0.2) is 48.1 Å². The molecule has 0 amide bonds. The van der Waals surface area contributed by atoms with E-state index < -0.39 is 5.97 Å². The van der Waals surface area contributed by atoms with Gasteiger partial charge in [0.2, 0.25) is 0 Å². The molecule has 1 N–H and O–H groups in total. The van der Waals surface area contributed by atoms with E-state index >= 15 is 0 Å². The van der Waals surface area contributed by atoms with Gasteiger partial charge in [-0.2, -0.15) is 11.8 Å². The molecular formula is C6H13NO2S. The summed E-state index contributed by atoms with van der Waals surface area (Å²) in [6, 6.07) is 0. The van der Waals surface area contributed by atoms with Crippen molar-refractivity contribution in [3.8, 4) is 0 Å². The molecule has 0 atom stereocenters. The lowest BCUT2D eigenvalue weighted by Gasteiger charge is -2.11. The van der Waals surface area contributed by atoms with Gasteiger partial charge in [0.15, 0.2) is 0 Å². The van der Waals surface area contributed by atoms with Crippen molar-refractivity contribution < 1.29 is 9.90 Å². The Bertz CT molecular complexity index is 108. The number of thioether (sulfide) groups is 1. The van der Waals surface area contributed by atoms with Gasteiger partial charge in [-0.15, -0.1) is 0 Å². The number of hydrogen-bond acceptors (Lipinski definition) is 3. The highest BCUT2D eigenvalue weighted by Crippen LogP contribution is 1.92. The Morgan fingerprint density at radius 3 is 2.70 bits per heavy atom. The molecular weight excluding hydrogens is 150 g/mol. The predicted molar refractivity (Wildman–Crippen MR) is 43.5 cm³/mol. The van der Waals surface area contributed by atoms with Crippen LogP contribution in [0.4, 0.5) is 0 Å². The number of hydrogen-bond donors (Lipinski definition) is 1. The van der Waals surface area contributed by atoms with Crippen molar-refractivity contribution >= 4 is 17.7 Å². The largest absolute Gasteiger partial charge is 0.480 e. The third-order valence-corrected chi connectivity index (χ3v) is 1.67. The van der Waals surface area contributed by atoms with Crippen LogP contribution in [0.25, 0.3) is 0 Å². The first-order valence-corrected chi connectivity index (χ1v) is 4.45. The van der Waals surface area contributed by atoms with Gasteiger partial charge in [-0.25, -0.2) is 0 Å². The molecule has 0 aromatic heterocycles. The summed E-state index contributed by atoms with van der Waals surface area (Å²) in [5.74, 6) is 0.229. The molecule has 60 valence electrons. The van der Waals surface area contributed by atoms with Crippen molar-refractivity contribution in [3.05, 3.63) is 0 Å². The van der Waals surface area contributed by atoms with Crippen LogP contribution in [0.15, 0.2) is 0 Å². The van der Waals surface area contributed by atoms with Gasteiger partial charge in [-0.3, -0.25) is 9.69 Å². The van der Waals surface area contributed by atoms with Crippen molar-refractivity contribution in [3.63, 3.8) is 0 Å². The Morgan fingerprint density at radius 2 is 2.30 bits per heavy atom. The van der Waals surface area contributed by atoms with Crippen molar-refractivity contribution in [1.82, 2.24) is 4.90 Å². The highest BCUT2D eigenvalue weighted by atomic mass is 32.2. The zero-order valence-electron chi connectivity index (χ0n) is 6.33. The SMILES string of the molecule is CSCCN(C)CC(=O)O. The first-order valence-electron chi connectivity index (χ1n) is 3.06. The summed E-state index contributed by atoms with van der Waals surface area (Å²) in [6.45, 7) is 0.980. The van der Waals surface area contributed by atoms with Gasteiger partial charge in [0.25, 0.3) is 0 Å². The summed E-state index contributed by atoms with van der Waals surface area (Å²) in [5, 5.41) is 8.33. The minimum Gasteiger partial charge on any atom is -0.480 e.